The number of sulfonamides is 1. The quantitative estimate of drug-likeness (QED) is 0.267. The first kappa shape index (κ1) is 27.1. The van der Waals surface area contributed by atoms with Crippen LogP contribution in [0, 0.1) is 0 Å². The van der Waals surface area contributed by atoms with Crippen LogP contribution in [0.15, 0.2) is 102 Å². The Hall–Kier alpha value is -3.95. The number of esters is 1. The number of carbonyl (C=O) groups excluding carboxylic acids is 1. The lowest BCUT2D eigenvalue weighted by molar-refractivity contribution is -0.157. The Morgan fingerprint density at radius 2 is 1.63 bits per heavy atom. The molecule has 0 atom stereocenters. The number of benzene rings is 3. The number of ether oxygens (including phenoxy) is 2. The fraction of sp³-hybridized carbons (Fsp3) is 0.241. The van der Waals surface area contributed by atoms with E-state index in [4.69, 9.17) is 9.47 Å². The molecule has 0 unspecified atom stereocenters. The van der Waals surface area contributed by atoms with Crippen molar-refractivity contribution in [1.82, 2.24) is 13.9 Å². The molecule has 0 spiro atoms. The van der Waals surface area contributed by atoms with Gasteiger partial charge in [0.15, 0.2) is 6.61 Å². The standard InChI is InChI=1S/C29H31N3O5S/c1-29(2,3)37-28(33)21-36-26-9-7-8-24(18-26)20-32(38(34,35)27-10-5-4-6-11-27)19-23-12-14-25(15-13-23)31-17-16-30-22-31/h4-18,22H,19-21H2,1-3H3. The molecule has 0 amide bonds. The molecule has 8 nitrogen and oxygen atoms in total. The highest BCUT2D eigenvalue weighted by atomic mass is 32.2. The molecule has 0 radical (unpaired) electrons. The molecule has 4 rings (SSSR count). The first-order valence-corrected chi connectivity index (χ1v) is 13.6. The summed E-state index contributed by atoms with van der Waals surface area (Å²) in [6.45, 7) is 5.42. The van der Waals surface area contributed by atoms with Crippen molar-refractivity contribution in [2.24, 2.45) is 0 Å². The van der Waals surface area contributed by atoms with E-state index in [1.54, 1.807) is 81.8 Å². The summed E-state index contributed by atoms with van der Waals surface area (Å²) in [5.41, 5.74) is 1.89. The van der Waals surface area contributed by atoms with Gasteiger partial charge >= 0.3 is 5.97 Å². The fourth-order valence-electron chi connectivity index (χ4n) is 3.81. The van der Waals surface area contributed by atoms with Crippen molar-refractivity contribution in [3.05, 3.63) is 109 Å². The first-order valence-electron chi connectivity index (χ1n) is 12.2. The summed E-state index contributed by atoms with van der Waals surface area (Å²) in [5, 5.41) is 0. The molecule has 0 aliphatic rings. The maximum Gasteiger partial charge on any atom is 0.344 e. The summed E-state index contributed by atoms with van der Waals surface area (Å²) < 4.78 is 41.5. The number of rotatable bonds is 10. The SMILES string of the molecule is CC(C)(C)OC(=O)COc1cccc(CN(Cc2ccc(-n3ccnc3)cc2)S(=O)(=O)c2ccccc2)c1. The number of hydrogen-bond donors (Lipinski definition) is 0. The Bertz CT molecular complexity index is 1450. The maximum atomic E-state index is 13.6. The van der Waals surface area contributed by atoms with Crippen LogP contribution in [0.1, 0.15) is 31.9 Å². The van der Waals surface area contributed by atoms with Gasteiger partial charge in [0.25, 0.3) is 0 Å². The third kappa shape index (κ3) is 7.30. The number of nitrogens with zero attached hydrogens (tertiary/aromatic N) is 3. The highest BCUT2D eigenvalue weighted by molar-refractivity contribution is 7.89. The van der Waals surface area contributed by atoms with Gasteiger partial charge in [0.2, 0.25) is 10.0 Å². The summed E-state index contributed by atoms with van der Waals surface area (Å²) in [7, 11) is -3.81. The van der Waals surface area contributed by atoms with Crippen molar-refractivity contribution in [2.45, 2.75) is 44.4 Å². The number of hydrogen-bond acceptors (Lipinski definition) is 6. The van der Waals surface area contributed by atoms with Crippen LogP contribution in [0.25, 0.3) is 5.69 Å². The molecule has 1 aromatic heterocycles. The molecule has 3 aromatic carbocycles. The zero-order chi connectivity index (χ0) is 27.2. The Morgan fingerprint density at radius 1 is 0.921 bits per heavy atom. The summed E-state index contributed by atoms with van der Waals surface area (Å²) in [4.78, 5) is 16.3. The van der Waals surface area contributed by atoms with E-state index in [0.29, 0.717) is 5.75 Å². The van der Waals surface area contributed by atoms with Crippen molar-refractivity contribution in [3.8, 4) is 11.4 Å². The van der Waals surface area contributed by atoms with Gasteiger partial charge in [0.05, 0.1) is 11.2 Å². The molecule has 0 fully saturated rings. The molecule has 0 saturated carbocycles. The summed E-state index contributed by atoms with van der Waals surface area (Å²) in [6.07, 6.45) is 5.26. The third-order valence-electron chi connectivity index (χ3n) is 5.51. The molecular formula is C29H31N3O5S. The van der Waals surface area contributed by atoms with E-state index >= 15 is 0 Å². The van der Waals surface area contributed by atoms with Crippen LogP contribution in [0.4, 0.5) is 0 Å². The Kier molecular flexibility index (Phi) is 8.29. The maximum absolute atomic E-state index is 13.6. The number of carbonyl (C=O) groups is 1. The Balaban J connectivity index is 1.55. The van der Waals surface area contributed by atoms with Crippen molar-refractivity contribution in [2.75, 3.05) is 6.61 Å². The van der Waals surface area contributed by atoms with Crippen molar-refractivity contribution in [1.29, 1.82) is 0 Å². The van der Waals surface area contributed by atoms with Crippen LogP contribution in [-0.4, -0.2) is 40.5 Å². The van der Waals surface area contributed by atoms with Crippen LogP contribution in [0.2, 0.25) is 0 Å². The lowest BCUT2D eigenvalue weighted by atomic mass is 10.2. The van der Waals surface area contributed by atoms with Crippen LogP contribution in [-0.2, 0) is 32.6 Å². The highest BCUT2D eigenvalue weighted by Crippen LogP contribution is 2.23. The van der Waals surface area contributed by atoms with Gasteiger partial charge in [-0.25, -0.2) is 18.2 Å². The number of imidazole rings is 1. The molecule has 9 heteroatoms. The first-order chi connectivity index (χ1) is 18.1. The van der Waals surface area contributed by atoms with Gasteiger partial charge in [0, 0.05) is 31.2 Å². The zero-order valence-corrected chi connectivity index (χ0v) is 22.5. The van der Waals surface area contributed by atoms with Gasteiger partial charge in [-0.05, 0) is 68.3 Å². The van der Waals surface area contributed by atoms with Gasteiger partial charge in [-0.2, -0.15) is 4.31 Å². The topological polar surface area (TPSA) is 90.7 Å². The van der Waals surface area contributed by atoms with Gasteiger partial charge in [-0.15, -0.1) is 0 Å². The minimum absolute atomic E-state index is 0.115. The second-order valence-corrected chi connectivity index (χ2v) is 11.7. The molecule has 38 heavy (non-hydrogen) atoms. The van der Waals surface area contributed by atoms with Crippen molar-refractivity contribution < 1.29 is 22.7 Å². The summed E-state index contributed by atoms with van der Waals surface area (Å²) in [6, 6.07) is 23.1. The second-order valence-electron chi connectivity index (χ2n) is 9.75. The smallest absolute Gasteiger partial charge is 0.344 e. The third-order valence-corrected chi connectivity index (χ3v) is 7.32. The van der Waals surface area contributed by atoms with Gasteiger partial charge in [0.1, 0.15) is 11.4 Å². The molecule has 0 bridgehead atoms. The molecular weight excluding hydrogens is 502 g/mol. The second kappa shape index (κ2) is 11.6. The van der Waals surface area contributed by atoms with E-state index in [1.807, 2.05) is 41.1 Å². The van der Waals surface area contributed by atoms with E-state index in [0.717, 1.165) is 16.8 Å². The van der Waals surface area contributed by atoms with Crippen molar-refractivity contribution >= 4 is 16.0 Å². The van der Waals surface area contributed by atoms with Gasteiger partial charge < -0.3 is 14.0 Å². The Morgan fingerprint density at radius 3 is 2.29 bits per heavy atom. The average Bonchev–Trinajstić information content (AvgIpc) is 3.42. The normalized spacial score (nSPS) is 11.9. The minimum Gasteiger partial charge on any atom is -0.482 e. The van der Waals surface area contributed by atoms with Crippen LogP contribution >= 0.6 is 0 Å². The van der Waals surface area contributed by atoms with Crippen LogP contribution < -0.4 is 4.74 Å². The molecule has 0 aliphatic heterocycles. The lowest BCUT2D eigenvalue weighted by Crippen LogP contribution is -2.30. The van der Waals surface area contributed by atoms with Gasteiger partial charge in [-0.1, -0.05) is 42.5 Å². The predicted molar refractivity (Wildman–Crippen MR) is 144 cm³/mol. The van der Waals surface area contributed by atoms with E-state index in [1.165, 1.54) is 4.31 Å². The average molecular weight is 534 g/mol. The van der Waals surface area contributed by atoms with Crippen molar-refractivity contribution in [3.63, 3.8) is 0 Å². The van der Waals surface area contributed by atoms with E-state index in [2.05, 4.69) is 4.98 Å². The highest BCUT2D eigenvalue weighted by Gasteiger charge is 2.25. The summed E-state index contributed by atoms with van der Waals surface area (Å²) >= 11 is 0. The van der Waals surface area contributed by atoms with E-state index < -0.39 is 21.6 Å². The van der Waals surface area contributed by atoms with Crippen LogP contribution in [0.5, 0.6) is 5.75 Å². The van der Waals surface area contributed by atoms with Gasteiger partial charge in [-0.3, -0.25) is 0 Å². The van der Waals surface area contributed by atoms with E-state index in [9.17, 15) is 13.2 Å². The fourth-order valence-corrected chi connectivity index (χ4v) is 5.24. The molecule has 198 valence electrons. The van der Waals surface area contributed by atoms with Crippen LogP contribution in [0.3, 0.4) is 0 Å². The molecule has 4 aromatic rings. The molecule has 1 heterocycles. The monoisotopic (exact) mass is 533 g/mol. The molecule has 0 aliphatic carbocycles. The molecule has 0 N–H and O–H groups in total. The molecule has 0 saturated heterocycles. The predicted octanol–water partition coefficient (Wildman–Crippen LogP) is 4.98. The lowest BCUT2D eigenvalue weighted by Gasteiger charge is -2.23. The zero-order valence-electron chi connectivity index (χ0n) is 21.7. The summed E-state index contributed by atoms with van der Waals surface area (Å²) in [5.74, 6) is -0.0228. The Labute approximate surface area is 223 Å². The van der Waals surface area contributed by atoms with E-state index in [-0.39, 0.29) is 24.6 Å². The largest absolute Gasteiger partial charge is 0.482 e. The number of aromatic nitrogens is 2. The minimum atomic E-state index is -3.81.